The highest BCUT2D eigenvalue weighted by atomic mass is 19.2. The van der Waals surface area contributed by atoms with Gasteiger partial charge in [0.25, 0.3) is 0 Å². The number of rotatable bonds is 8. The molecule has 0 aliphatic carbocycles. The van der Waals surface area contributed by atoms with Crippen molar-refractivity contribution >= 4 is 10.9 Å². The molecule has 1 aliphatic rings. The summed E-state index contributed by atoms with van der Waals surface area (Å²) in [5, 5.41) is 22.0. The molecule has 9 heteroatoms. The van der Waals surface area contributed by atoms with Gasteiger partial charge < -0.3 is 14.9 Å². The molecule has 202 valence electrons. The molecule has 0 bridgehead atoms. The van der Waals surface area contributed by atoms with Crippen LogP contribution in [0.5, 0.6) is 5.75 Å². The molecule has 1 aromatic heterocycles. The summed E-state index contributed by atoms with van der Waals surface area (Å²) in [4.78, 5) is 6.36. The summed E-state index contributed by atoms with van der Waals surface area (Å²) < 4.78 is 59.0. The number of alkyl halides is 1. The minimum atomic E-state index is -1.52. The molecule has 0 saturated carbocycles. The highest BCUT2D eigenvalue weighted by Crippen LogP contribution is 2.39. The lowest BCUT2D eigenvalue weighted by atomic mass is 9.74. The summed E-state index contributed by atoms with van der Waals surface area (Å²) >= 11 is 0. The largest absolute Gasteiger partial charge is 0.497 e. The monoisotopic (exact) mass is 530 g/mol. The summed E-state index contributed by atoms with van der Waals surface area (Å²) in [6.45, 7) is 0.833. The van der Waals surface area contributed by atoms with E-state index >= 15 is 0 Å². The smallest absolute Gasteiger partial charge is 0.194 e. The van der Waals surface area contributed by atoms with Crippen LogP contribution in [0.25, 0.3) is 10.9 Å². The van der Waals surface area contributed by atoms with Gasteiger partial charge >= 0.3 is 0 Å². The highest BCUT2D eigenvalue weighted by molar-refractivity contribution is 5.85. The van der Waals surface area contributed by atoms with Crippen LogP contribution in [0.3, 0.4) is 0 Å². The lowest BCUT2D eigenvalue weighted by Gasteiger charge is -2.40. The van der Waals surface area contributed by atoms with Crippen molar-refractivity contribution in [3.63, 3.8) is 0 Å². The van der Waals surface area contributed by atoms with Gasteiger partial charge in [-0.2, -0.15) is 0 Å². The van der Waals surface area contributed by atoms with E-state index in [1.807, 2.05) is 0 Å². The molecule has 2 N–H and O–H groups in total. The van der Waals surface area contributed by atoms with Gasteiger partial charge in [0, 0.05) is 29.3 Å². The number of hydrogen-bond donors (Lipinski definition) is 2. The fraction of sp³-hybridized carbons (Fsp3) is 0.414. The number of aromatic nitrogens is 1. The van der Waals surface area contributed by atoms with Crippen LogP contribution in [-0.2, 0) is 6.67 Å². The predicted molar refractivity (Wildman–Crippen MR) is 136 cm³/mol. The first-order valence-corrected chi connectivity index (χ1v) is 12.5. The minimum Gasteiger partial charge on any atom is -0.497 e. The van der Waals surface area contributed by atoms with Crippen molar-refractivity contribution in [3.8, 4) is 17.6 Å². The van der Waals surface area contributed by atoms with E-state index in [0.717, 1.165) is 12.1 Å². The summed E-state index contributed by atoms with van der Waals surface area (Å²) in [5.74, 6) is 2.04. The third-order valence-corrected chi connectivity index (χ3v) is 7.40. The number of halogens is 4. The zero-order valence-electron chi connectivity index (χ0n) is 21.1. The second kappa shape index (κ2) is 12.1. The molecule has 2 aromatic carbocycles. The van der Waals surface area contributed by atoms with Gasteiger partial charge in [-0.05, 0) is 80.1 Å². The van der Waals surface area contributed by atoms with Crippen molar-refractivity contribution in [1.29, 1.82) is 0 Å². The normalized spacial score (nSPS) is 16.2. The van der Waals surface area contributed by atoms with E-state index in [1.54, 1.807) is 18.2 Å². The average Bonchev–Trinajstić information content (AvgIpc) is 2.94. The Morgan fingerprint density at radius 2 is 1.84 bits per heavy atom. The Morgan fingerprint density at radius 3 is 2.47 bits per heavy atom. The number of piperidine rings is 1. The van der Waals surface area contributed by atoms with Crippen molar-refractivity contribution in [2.24, 2.45) is 5.41 Å². The van der Waals surface area contributed by atoms with Crippen LogP contribution in [0.1, 0.15) is 48.5 Å². The molecule has 5 nitrogen and oxygen atoms in total. The SMILES string of the molecule is COc1ccc2ncc(CF)c([C@H](O)CCC3(CO)CCN(CC#Cc4cc(F)c(F)c(F)c4)CC3)c2c1. The molecule has 1 saturated heterocycles. The molecule has 4 rings (SSSR count). The van der Waals surface area contributed by atoms with E-state index in [1.165, 1.54) is 13.3 Å². The highest BCUT2D eigenvalue weighted by Gasteiger charge is 2.34. The number of aliphatic hydroxyl groups is 2. The number of likely N-dealkylation sites (tertiary alicyclic amines) is 1. The van der Waals surface area contributed by atoms with Gasteiger partial charge in [0.15, 0.2) is 17.5 Å². The standard InChI is InChI=1S/C29H30F4N2O3/c1-38-21-4-5-25-22(15-21)27(20(16-30)17-34-25)26(37)6-7-29(18-36)8-11-35(12-9-29)10-2-3-19-13-23(31)28(33)24(32)14-19/h4-5,13-15,17,26,36-37H,6-12,16,18H2,1H3/t26-/m1/s1. The molecule has 3 aromatic rings. The number of hydrogen-bond acceptors (Lipinski definition) is 5. The maximum absolute atomic E-state index is 13.8. The number of methoxy groups -OCH3 is 1. The molecular weight excluding hydrogens is 500 g/mol. The van der Waals surface area contributed by atoms with E-state index in [-0.39, 0.29) is 12.2 Å². The van der Waals surface area contributed by atoms with E-state index in [2.05, 4.69) is 21.7 Å². The molecule has 0 unspecified atom stereocenters. The van der Waals surface area contributed by atoms with Crippen LogP contribution in [0, 0.1) is 34.7 Å². The number of nitrogens with zero attached hydrogens (tertiary/aromatic N) is 2. The number of benzene rings is 2. The van der Waals surface area contributed by atoms with Crippen molar-refractivity contribution in [2.45, 2.75) is 38.5 Å². The quantitative estimate of drug-likeness (QED) is 0.242. The molecule has 0 amide bonds. The summed E-state index contributed by atoms with van der Waals surface area (Å²) in [7, 11) is 1.54. The van der Waals surface area contributed by atoms with Gasteiger partial charge in [-0.25, -0.2) is 17.6 Å². The minimum absolute atomic E-state index is 0.0474. The average molecular weight is 531 g/mol. The molecule has 0 radical (unpaired) electrons. The number of aliphatic hydroxyl groups excluding tert-OH is 2. The van der Waals surface area contributed by atoms with Gasteiger partial charge in [-0.1, -0.05) is 11.8 Å². The second-order valence-electron chi connectivity index (χ2n) is 9.76. The zero-order valence-corrected chi connectivity index (χ0v) is 21.1. The molecule has 1 fully saturated rings. The molecule has 1 atom stereocenters. The van der Waals surface area contributed by atoms with Gasteiger partial charge in [0.1, 0.15) is 12.4 Å². The van der Waals surface area contributed by atoms with Crippen molar-refractivity contribution in [1.82, 2.24) is 9.88 Å². The fourth-order valence-electron chi connectivity index (χ4n) is 5.00. The lowest BCUT2D eigenvalue weighted by Crippen LogP contribution is -2.42. The molecule has 1 aliphatic heterocycles. The topological polar surface area (TPSA) is 65.8 Å². The van der Waals surface area contributed by atoms with Crippen LogP contribution in [0.15, 0.2) is 36.5 Å². The Morgan fingerprint density at radius 1 is 1.13 bits per heavy atom. The fourth-order valence-corrected chi connectivity index (χ4v) is 5.00. The van der Waals surface area contributed by atoms with Crippen molar-refractivity contribution in [2.75, 3.05) is 33.4 Å². The molecule has 0 spiro atoms. The Kier molecular flexibility index (Phi) is 8.87. The molecular formula is C29H30F4N2O3. The van der Waals surface area contributed by atoms with Crippen LogP contribution in [0.2, 0.25) is 0 Å². The Labute approximate surface area is 219 Å². The number of fused-ring (bicyclic) bond motifs is 1. The van der Waals surface area contributed by atoms with E-state index in [4.69, 9.17) is 4.74 Å². The maximum Gasteiger partial charge on any atom is 0.194 e. The number of ether oxygens (including phenoxy) is 1. The van der Waals surface area contributed by atoms with E-state index < -0.39 is 35.6 Å². The van der Waals surface area contributed by atoms with Gasteiger partial charge in [-0.3, -0.25) is 9.88 Å². The van der Waals surface area contributed by atoms with Crippen molar-refractivity contribution in [3.05, 3.63) is 70.7 Å². The third kappa shape index (κ3) is 6.09. The first kappa shape index (κ1) is 27.8. The first-order valence-electron chi connectivity index (χ1n) is 12.5. The molecule has 2 heterocycles. The summed E-state index contributed by atoms with van der Waals surface area (Å²) in [6, 6.07) is 7.00. The summed E-state index contributed by atoms with van der Waals surface area (Å²) in [6.07, 6.45) is 2.71. The van der Waals surface area contributed by atoms with E-state index in [9.17, 15) is 27.8 Å². The zero-order chi connectivity index (χ0) is 27.3. The third-order valence-electron chi connectivity index (χ3n) is 7.40. The van der Waals surface area contributed by atoms with Crippen molar-refractivity contribution < 1.29 is 32.5 Å². The van der Waals surface area contributed by atoms with Gasteiger partial charge in [0.05, 0.1) is 25.3 Å². The van der Waals surface area contributed by atoms with Crippen LogP contribution in [-0.4, -0.2) is 53.4 Å². The van der Waals surface area contributed by atoms with E-state index in [0.29, 0.717) is 73.1 Å². The van der Waals surface area contributed by atoms with Crippen LogP contribution < -0.4 is 4.74 Å². The predicted octanol–water partition coefficient (Wildman–Crippen LogP) is 5.07. The second-order valence-corrected chi connectivity index (χ2v) is 9.76. The van der Waals surface area contributed by atoms with Gasteiger partial charge in [0.2, 0.25) is 0 Å². The maximum atomic E-state index is 13.8. The Bertz CT molecular complexity index is 1320. The first-order chi connectivity index (χ1) is 18.3. The molecule has 38 heavy (non-hydrogen) atoms. The Hall–Kier alpha value is -3.19. The van der Waals surface area contributed by atoms with Crippen LogP contribution in [0.4, 0.5) is 17.6 Å². The van der Waals surface area contributed by atoms with Gasteiger partial charge in [-0.15, -0.1) is 0 Å². The van der Waals surface area contributed by atoms with Crippen LogP contribution >= 0.6 is 0 Å². The Balaban J connectivity index is 1.39. The summed E-state index contributed by atoms with van der Waals surface area (Å²) in [5.41, 5.74) is 1.11. The number of pyridine rings is 1. The lowest BCUT2D eigenvalue weighted by molar-refractivity contribution is 0.0272.